The largest absolute Gasteiger partial charge is 0.236 e. The van der Waals surface area contributed by atoms with E-state index in [2.05, 4.69) is 94.8 Å². The third-order valence-corrected chi connectivity index (χ3v) is 6.62. The van der Waals surface area contributed by atoms with Crippen molar-refractivity contribution in [1.29, 1.82) is 0 Å². The molecule has 0 spiro atoms. The molecule has 2 heteroatoms. The molecule has 0 aliphatic carbocycles. The Balaban J connectivity index is 1.95. The first-order valence-electron chi connectivity index (χ1n) is 9.54. The quantitative estimate of drug-likeness (QED) is 0.538. The highest BCUT2D eigenvalue weighted by Gasteiger charge is 2.48. The molecule has 4 rings (SSSR count). The first kappa shape index (κ1) is 17.1. The van der Waals surface area contributed by atoms with Gasteiger partial charge in [-0.1, -0.05) is 84.0 Å². The van der Waals surface area contributed by atoms with Gasteiger partial charge < -0.3 is 0 Å². The van der Waals surface area contributed by atoms with Crippen LogP contribution in [0.5, 0.6) is 0 Å². The van der Waals surface area contributed by atoms with E-state index < -0.39 is 0 Å². The summed E-state index contributed by atoms with van der Waals surface area (Å²) in [5, 5.41) is 4.81. The molecule has 2 aromatic carbocycles. The maximum atomic E-state index is 4.81. The average molecular weight is 345 g/mol. The van der Waals surface area contributed by atoms with Crippen molar-refractivity contribution in [2.45, 2.75) is 58.3 Å². The second-order valence-corrected chi connectivity index (χ2v) is 8.86. The van der Waals surface area contributed by atoms with E-state index in [0.29, 0.717) is 5.92 Å². The van der Waals surface area contributed by atoms with E-state index in [1.54, 1.807) is 0 Å². The highest BCUT2D eigenvalue weighted by molar-refractivity contribution is 5.70. The minimum Gasteiger partial charge on any atom is -0.236 e. The summed E-state index contributed by atoms with van der Waals surface area (Å²) >= 11 is 0. The maximum Gasteiger partial charge on any atom is 0.0687 e. The number of hydrogen-bond donors (Lipinski definition) is 0. The molecule has 0 amide bonds. The molecule has 3 aromatic rings. The van der Waals surface area contributed by atoms with Crippen LogP contribution < -0.4 is 0 Å². The van der Waals surface area contributed by atoms with Gasteiger partial charge in [0.15, 0.2) is 0 Å². The molecule has 0 saturated carbocycles. The Kier molecular flexibility index (Phi) is 3.66. The van der Waals surface area contributed by atoms with Crippen molar-refractivity contribution in [3.05, 3.63) is 71.5 Å². The minimum absolute atomic E-state index is 0.0201. The number of para-hydroxylation sites is 1. The number of benzene rings is 2. The van der Waals surface area contributed by atoms with Crippen LogP contribution in [0.3, 0.4) is 0 Å². The summed E-state index contributed by atoms with van der Waals surface area (Å²) in [5.41, 5.74) is 7.72. The Bertz CT molecular complexity index is 956. The molecular weight excluding hydrogens is 316 g/mol. The SMILES string of the molecule is CC(C)c1ccc(-c2cnn3c2C(C)(C)C(C)(C)c2ccccc2-3)cc1. The molecule has 0 fully saturated rings. The van der Waals surface area contributed by atoms with Crippen molar-refractivity contribution in [1.82, 2.24) is 9.78 Å². The van der Waals surface area contributed by atoms with E-state index in [9.17, 15) is 0 Å². The lowest BCUT2D eigenvalue weighted by Crippen LogP contribution is -2.46. The highest BCUT2D eigenvalue weighted by Crippen LogP contribution is 2.52. The summed E-state index contributed by atoms with van der Waals surface area (Å²) in [6.07, 6.45) is 2.04. The van der Waals surface area contributed by atoms with Crippen LogP contribution in [-0.2, 0) is 10.8 Å². The number of hydrogen-bond acceptors (Lipinski definition) is 1. The normalized spacial score (nSPS) is 17.0. The molecule has 1 aromatic heterocycles. The Morgan fingerprint density at radius 3 is 2.15 bits per heavy atom. The second kappa shape index (κ2) is 5.57. The van der Waals surface area contributed by atoms with Gasteiger partial charge in [-0.2, -0.15) is 5.10 Å². The van der Waals surface area contributed by atoms with Crippen molar-refractivity contribution >= 4 is 0 Å². The molecule has 1 aliphatic heterocycles. The fraction of sp³-hybridized carbons (Fsp3) is 0.375. The van der Waals surface area contributed by atoms with E-state index in [4.69, 9.17) is 5.10 Å². The van der Waals surface area contributed by atoms with Crippen LogP contribution in [0.2, 0.25) is 0 Å². The zero-order valence-corrected chi connectivity index (χ0v) is 16.7. The number of fused-ring (bicyclic) bond motifs is 3. The lowest BCUT2D eigenvalue weighted by Gasteiger charge is -2.47. The van der Waals surface area contributed by atoms with Gasteiger partial charge in [0.25, 0.3) is 0 Å². The molecule has 0 atom stereocenters. The van der Waals surface area contributed by atoms with Crippen molar-refractivity contribution in [2.75, 3.05) is 0 Å². The number of aromatic nitrogens is 2. The molecule has 0 unspecified atom stereocenters. The van der Waals surface area contributed by atoms with Crippen molar-refractivity contribution in [3.8, 4) is 16.8 Å². The molecule has 26 heavy (non-hydrogen) atoms. The lowest BCUT2D eigenvalue weighted by atomic mass is 9.59. The Morgan fingerprint density at radius 1 is 0.846 bits per heavy atom. The maximum absolute atomic E-state index is 4.81. The summed E-state index contributed by atoms with van der Waals surface area (Å²) in [6, 6.07) is 17.7. The molecule has 0 N–H and O–H groups in total. The van der Waals surface area contributed by atoms with Gasteiger partial charge in [-0.3, -0.25) is 0 Å². The summed E-state index contributed by atoms with van der Waals surface area (Å²) in [5.74, 6) is 0.548. The van der Waals surface area contributed by atoms with Crippen molar-refractivity contribution in [3.63, 3.8) is 0 Å². The zero-order chi connectivity index (χ0) is 18.7. The number of nitrogens with zero attached hydrogens (tertiary/aromatic N) is 2. The highest BCUT2D eigenvalue weighted by atomic mass is 15.3. The second-order valence-electron chi connectivity index (χ2n) is 8.86. The predicted octanol–water partition coefficient (Wildman–Crippen LogP) is 6.23. The third kappa shape index (κ3) is 2.21. The Morgan fingerprint density at radius 2 is 1.50 bits per heavy atom. The fourth-order valence-corrected chi connectivity index (χ4v) is 4.21. The van der Waals surface area contributed by atoms with Crippen LogP contribution in [0, 0.1) is 0 Å². The van der Waals surface area contributed by atoms with E-state index in [-0.39, 0.29) is 10.8 Å². The molecule has 0 saturated heterocycles. The number of rotatable bonds is 2. The van der Waals surface area contributed by atoms with Gasteiger partial charge in [0.05, 0.1) is 17.6 Å². The standard InChI is InChI=1S/C24H28N2/c1-16(2)17-11-13-18(14-12-17)19-15-25-26-21-10-8-7-9-20(21)23(3,4)24(5,6)22(19)26/h7-16H,1-6H3. The van der Waals surface area contributed by atoms with E-state index in [0.717, 1.165) is 0 Å². The van der Waals surface area contributed by atoms with Crippen LogP contribution in [0.25, 0.3) is 16.8 Å². The van der Waals surface area contributed by atoms with Crippen LogP contribution in [0.1, 0.15) is 64.3 Å². The summed E-state index contributed by atoms with van der Waals surface area (Å²) < 4.78 is 2.16. The smallest absolute Gasteiger partial charge is 0.0687 e. The fourth-order valence-electron chi connectivity index (χ4n) is 4.21. The van der Waals surface area contributed by atoms with Crippen LogP contribution in [-0.4, -0.2) is 9.78 Å². The van der Waals surface area contributed by atoms with Crippen LogP contribution in [0.15, 0.2) is 54.7 Å². The minimum atomic E-state index is -0.0378. The van der Waals surface area contributed by atoms with E-state index in [1.165, 1.54) is 33.6 Å². The monoisotopic (exact) mass is 344 g/mol. The summed E-state index contributed by atoms with van der Waals surface area (Å²) in [7, 11) is 0. The molecular formula is C24H28N2. The molecule has 2 nitrogen and oxygen atoms in total. The van der Waals surface area contributed by atoms with E-state index in [1.807, 2.05) is 6.20 Å². The van der Waals surface area contributed by atoms with Gasteiger partial charge in [0.2, 0.25) is 0 Å². The van der Waals surface area contributed by atoms with Crippen molar-refractivity contribution < 1.29 is 0 Å². The van der Waals surface area contributed by atoms with Crippen LogP contribution >= 0.6 is 0 Å². The molecule has 134 valence electrons. The van der Waals surface area contributed by atoms with Gasteiger partial charge in [-0.15, -0.1) is 0 Å². The van der Waals surface area contributed by atoms with Crippen molar-refractivity contribution in [2.24, 2.45) is 0 Å². The first-order chi connectivity index (χ1) is 12.2. The van der Waals surface area contributed by atoms with Gasteiger partial charge >= 0.3 is 0 Å². The first-order valence-corrected chi connectivity index (χ1v) is 9.54. The third-order valence-electron chi connectivity index (χ3n) is 6.62. The van der Waals surface area contributed by atoms with Gasteiger partial charge in [-0.25, -0.2) is 4.68 Å². The molecule has 2 heterocycles. The Hall–Kier alpha value is -2.35. The lowest BCUT2D eigenvalue weighted by molar-refractivity contribution is 0.276. The average Bonchev–Trinajstić information content (AvgIpc) is 3.06. The molecule has 1 aliphatic rings. The van der Waals surface area contributed by atoms with Gasteiger partial charge in [0.1, 0.15) is 0 Å². The summed E-state index contributed by atoms with van der Waals surface area (Å²) in [6.45, 7) is 13.9. The topological polar surface area (TPSA) is 17.8 Å². The van der Waals surface area contributed by atoms with Crippen LogP contribution in [0.4, 0.5) is 0 Å². The molecule has 0 radical (unpaired) electrons. The summed E-state index contributed by atoms with van der Waals surface area (Å²) in [4.78, 5) is 0. The predicted molar refractivity (Wildman–Crippen MR) is 109 cm³/mol. The van der Waals surface area contributed by atoms with Gasteiger partial charge in [0, 0.05) is 16.4 Å². The Labute approximate surface area is 156 Å². The van der Waals surface area contributed by atoms with E-state index >= 15 is 0 Å². The van der Waals surface area contributed by atoms with Gasteiger partial charge in [-0.05, 0) is 28.7 Å². The zero-order valence-electron chi connectivity index (χ0n) is 16.7. The molecule has 0 bridgehead atoms.